The number of benzene rings is 2. The molecule has 1 nitrogen and oxygen atoms in total. The molecule has 1 heterocycles. The molecule has 0 aliphatic heterocycles. The van der Waals surface area contributed by atoms with E-state index in [-0.39, 0.29) is 12.4 Å². The van der Waals surface area contributed by atoms with Crippen LogP contribution in [0.25, 0.3) is 21.5 Å². The molecule has 0 bridgehead atoms. The molecule has 18 heavy (non-hydrogen) atoms. The van der Waals surface area contributed by atoms with E-state index in [2.05, 4.69) is 65.6 Å². The normalized spacial score (nSPS) is 9.78. The Morgan fingerprint density at radius 2 is 1.00 bits per heavy atom. The summed E-state index contributed by atoms with van der Waals surface area (Å²) in [6.07, 6.45) is 3.92. The van der Waals surface area contributed by atoms with Crippen LogP contribution in [0.1, 0.15) is 0 Å². The van der Waals surface area contributed by atoms with Crippen molar-refractivity contribution in [1.82, 2.24) is 4.98 Å². The maximum absolute atomic E-state index is 3.15. The molecule has 0 radical (unpaired) electrons. The average Bonchev–Trinajstić information content (AvgIpc) is 2.47. The van der Waals surface area contributed by atoms with Crippen LogP contribution in [0.2, 0.25) is 0 Å². The molecule has 3 rings (SSSR count). The number of aromatic amines is 1. The number of fused-ring (bicyclic) bond motifs is 3. The molecule has 2 aromatic carbocycles. The lowest BCUT2D eigenvalue weighted by Gasteiger charge is -1.97. The lowest BCUT2D eigenvalue weighted by Crippen LogP contribution is -1.71. The van der Waals surface area contributed by atoms with Crippen molar-refractivity contribution in [3.05, 3.63) is 73.1 Å². The van der Waals surface area contributed by atoms with E-state index in [4.69, 9.17) is 0 Å². The number of hydrogen-bond donors (Lipinski definition) is 1. The van der Waals surface area contributed by atoms with E-state index in [1.165, 1.54) is 21.5 Å². The first-order chi connectivity index (χ1) is 8.45. The number of rotatable bonds is 0. The molecule has 0 fully saturated rings. The Kier molecular flexibility index (Phi) is 3.85. The monoisotopic (exact) mass is 255 g/mol. The third kappa shape index (κ3) is 2.31. The molecular weight excluding hydrogens is 242 g/mol. The van der Waals surface area contributed by atoms with Gasteiger partial charge in [0.1, 0.15) is 0 Å². The Balaban J connectivity index is 0.00000120. The van der Waals surface area contributed by atoms with Crippen molar-refractivity contribution >= 4 is 34.0 Å². The summed E-state index contributed by atoms with van der Waals surface area (Å²) in [7, 11) is 0. The lowest BCUT2D eigenvalue weighted by atomic mass is 10.1. The van der Waals surface area contributed by atoms with Gasteiger partial charge >= 0.3 is 0 Å². The minimum absolute atomic E-state index is 0. The molecule has 2 heteroatoms. The molecule has 0 atom stereocenters. The van der Waals surface area contributed by atoms with Crippen LogP contribution in [0.4, 0.5) is 0 Å². The lowest BCUT2D eigenvalue weighted by molar-refractivity contribution is 1.37. The number of aromatic nitrogens is 1. The van der Waals surface area contributed by atoms with E-state index in [1.54, 1.807) is 0 Å². The van der Waals surface area contributed by atoms with Gasteiger partial charge in [0.25, 0.3) is 0 Å². The summed E-state index contributed by atoms with van der Waals surface area (Å²) in [6.45, 7) is 0. The molecule has 90 valence electrons. The Bertz CT molecular complexity index is 653. The van der Waals surface area contributed by atoms with Crippen molar-refractivity contribution in [3.8, 4) is 0 Å². The van der Waals surface area contributed by atoms with Gasteiger partial charge in [0.15, 0.2) is 0 Å². The molecule has 0 aliphatic rings. The molecule has 1 aromatic heterocycles. The Morgan fingerprint density at radius 3 is 1.50 bits per heavy atom. The molecule has 1 N–H and O–H groups in total. The van der Waals surface area contributed by atoms with Crippen molar-refractivity contribution < 1.29 is 0 Å². The van der Waals surface area contributed by atoms with Crippen LogP contribution in [0.5, 0.6) is 0 Å². The Morgan fingerprint density at radius 1 is 0.556 bits per heavy atom. The third-order valence-corrected chi connectivity index (χ3v) is 2.93. The number of hydrogen-bond acceptors (Lipinski definition) is 0. The van der Waals surface area contributed by atoms with Gasteiger partial charge in [-0.3, -0.25) is 0 Å². The zero-order valence-corrected chi connectivity index (χ0v) is 10.7. The van der Waals surface area contributed by atoms with E-state index in [1.807, 2.05) is 12.4 Å². The van der Waals surface area contributed by atoms with E-state index in [0.717, 1.165) is 0 Å². The predicted octanol–water partition coefficient (Wildman–Crippen LogP) is 4.87. The molecule has 3 aromatic rings. The quantitative estimate of drug-likeness (QED) is 0.590. The summed E-state index contributed by atoms with van der Waals surface area (Å²) >= 11 is 0. The van der Waals surface area contributed by atoms with E-state index in [9.17, 15) is 0 Å². The van der Waals surface area contributed by atoms with Crippen LogP contribution >= 0.6 is 12.4 Å². The molecule has 0 saturated carbocycles. The van der Waals surface area contributed by atoms with Crippen LogP contribution in [0, 0.1) is 0 Å². The topological polar surface area (TPSA) is 15.8 Å². The van der Waals surface area contributed by atoms with Gasteiger partial charge in [-0.05, 0) is 33.7 Å². The molecule has 0 aliphatic carbocycles. The van der Waals surface area contributed by atoms with Crippen LogP contribution in [-0.4, -0.2) is 4.98 Å². The molecule has 0 spiro atoms. The van der Waals surface area contributed by atoms with Crippen LogP contribution < -0.4 is 0 Å². The third-order valence-electron chi connectivity index (χ3n) is 2.93. The van der Waals surface area contributed by atoms with Gasteiger partial charge in [-0.2, -0.15) is 0 Å². The Hall–Kier alpha value is -1.99. The van der Waals surface area contributed by atoms with Crippen LogP contribution in [0.3, 0.4) is 0 Å². The first-order valence-corrected chi connectivity index (χ1v) is 5.73. The van der Waals surface area contributed by atoms with Gasteiger partial charge < -0.3 is 4.98 Å². The minimum atomic E-state index is 0. The van der Waals surface area contributed by atoms with E-state index >= 15 is 0 Å². The standard InChI is InChI=1S/C16H13N.ClH/c1-3-7-15-13(5-1)9-11-17-12-10-14-6-2-4-8-16(14)15;/h1-12,17H;1H. The fraction of sp³-hybridized carbons (Fsp3) is 0. The summed E-state index contributed by atoms with van der Waals surface area (Å²) in [5.74, 6) is 0. The summed E-state index contributed by atoms with van der Waals surface area (Å²) in [5, 5.41) is 5.01. The average molecular weight is 256 g/mol. The highest BCUT2D eigenvalue weighted by Crippen LogP contribution is 2.21. The fourth-order valence-corrected chi connectivity index (χ4v) is 2.11. The second-order valence-electron chi connectivity index (χ2n) is 4.01. The second kappa shape index (κ2) is 5.56. The second-order valence-corrected chi connectivity index (χ2v) is 4.01. The zero-order valence-electron chi connectivity index (χ0n) is 9.84. The molecule has 0 saturated heterocycles. The maximum Gasteiger partial charge on any atom is 0.00106 e. The fourth-order valence-electron chi connectivity index (χ4n) is 2.11. The number of H-pyrrole nitrogens is 1. The first kappa shape index (κ1) is 12.5. The van der Waals surface area contributed by atoms with E-state index in [0.29, 0.717) is 0 Å². The smallest absolute Gasteiger partial charge is 0.00106 e. The van der Waals surface area contributed by atoms with Gasteiger partial charge in [-0.15, -0.1) is 12.4 Å². The van der Waals surface area contributed by atoms with Gasteiger partial charge in [0, 0.05) is 12.4 Å². The number of halogens is 1. The van der Waals surface area contributed by atoms with Gasteiger partial charge in [-0.1, -0.05) is 48.5 Å². The molecular formula is C16H14ClN. The summed E-state index contributed by atoms with van der Waals surface area (Å²) < 4.78 is 0. The first-order valence-electron chi connectivity index (χ1n) is 5.73. The SMILES string of the molecule is Cl.c1ccc2c(c1)cc[nH]ccc1ccccc12. The van der Waals surface area contributed by atoms with Crippen molar-refractivity contribution in [2.24, 2.45) is 0 Å². The largest absolute Gasteiger partial charge is 0.368 e. The maximum atomic E-state index is 3.15. The highest BCUT2D eigenvalue weighted by Gasteiger charge is 1.94. The van der Waals surface area contributed by atoms with Crippen LogP contribution in [-0.2, 0) is 0 Å². The highest BCUT2D eigenvalue weighted by molar-refractivity contribution is 6.04. The van der Waals surface area contributed by atoms with Crippen molar-refractivity contribution in [1.29, 1.82) is 0 Å². The zero-order chi connectivity index (χ0) is 11.5. The molecule has 0 amide bonds. The minimum Gasteiger partial charge on any atom is -0.368 e. The van der Waals surface area contributed by atoms with Crippen LogP contribution in [0.15, 0.2) is 73.1 Å². The summed E-state index contributed by atoms with van der Waals surface area (Å²) in [4.78, 5) is 3.15. The van der Waals surface area contributed by atoms with Crippen molar-refractivity contribution in [3.63, 3.8) is 0 Å². The van der Waals surface area contributed by atoms with Gasteiger partial charge in [0.2, 0.25) is 0 Å². The predicted molar refractivity (Wildman–Crippen MR) is 80.7 cm³/mol. The van der Waals surface area contributed by atoms with Gasteiger partial charge in [-0.25, -0.2) is 0 Å². The summed E-state index contributed by atoms with van der Waals surface area (Å²) in [5.41, 5.74) is 0. The molecule has 0 unspecified atom stereocenters. The van der Waals surface area contributed by atoms with Crippen molar-refractivity contribution in [2.45, 2.75) is 0 Å². The van der Waals surface area contributed by atoms with E-state index < -0.39 is 0 Å². The number of nitrogens with one attached hydrogen (secondary N) is 1. The van der Waals surface area contributed by atoms with Gasteiger partial charge in [0.05, 0.1) is 0 Å². The van der Waals surface area contributed by atoms with Crippen molar-refractivity contribution in [2.75, 3.05) is 0 Å². The highest BCUT2D eigenvalue weighted by atomic mass is 35.5. The Labute approximate surface area is 112 Å². The summed E-state index contributed by atoms with van der Waals surface area (Å²) in [6, 6.07) is 21.1.